The third-order valence-electron chi connectivity index (χ3n) is 2.98. The summed E-state index contributed by atoms with van der Waals surface area (Å²) < 4.78 is 2.59. The van der Waals surface area contributed by atoms with E-state index in [4.69, 9.17) is 17.3 Å². The van der Waals surface area contributed by atoms with E-state index in [1.54, 1.807) is 10.9 Å². The van der Waals surface area contributed by atoms with Crippen LogP contribution in [0.15, 0.2) is 34.9 Å². The Morgan fingerprint density at radius 1 is 1.37 bits per heavy atom. The molecule has 4 nitrogen and oxygen atoms in total. The molecule has 0 unspecified atom stereocenters. The van der Waals surface area contributed by atoms with Gasteiger partial charge in [0.1, 0.15) is 0 Å². The topological polar surface area (TPSA) is 56.7 Å². The Labute approximate surface area is 123 Å². The van der Waals surface area contributed by atoms with Crippen molar-refractivity contribution in [3.8, 4) is 5.69 Å². The van der Waals surface area contributed by atoms with Gasteiger partial charge in [0.15, 0.2) is 11.5 Å². The van der Waals surface area contributed by atoms with E-state index in [1.807, 2.05) is 31.2 Å². The maximum absolute atomic E-state index is 6.15. The van der Waals surface area contributed by atoms with Crippen LogP contribution in [0.5, 0.6) is 0 Å². The van der Waals surface area contributed by atoms with Gasteiger partial charge in [-0.15, -0.1) is 5.10 Å². The standard InChI is InChI=1S/C13H10BrClN4/c1-7-10(15)3-2-4-11(7)19-13-9(12(16)18-19)5-8(14)6-17-13/h2-6H,1H3,(H2,16,18). The minimum atomic E-state index is 0.447. The van der Waals surface area contributed by atoms with Crippen LogP contribution in [-0.2, 0) is 0 Å². The molecule has 0 bridgehead atoms. The van der Waals surface area contributed by atoms with Crippen molar-refractivity contribution < 1.29 is 0 Å². The molecule has 0 aliphatic carbocycles. The summed E-state index contributed by atoms with van der Waals surface area (Å²) in [5.74, 6) is 0.447. The van der Waals surface area contributed by atoms with Crippen LogP contribution in [0.25, 0.3) is 16.7 Å². The lowest BCUT2D eigenvalue weighted by molar-refractivity contribution is 0.894. The lowest BCUT2D eigenvalue weighted by atomic mass is 10.2. The lowest BCUT2D eigenvalue weighted by Crippen LogP contribution is -2.01. The fourth-order valence-electron chi connectivity index (χ4n) is 1.99. The molecule has 3 aromatic rings. The number of rotatable bonds is 1. The molecule has 0 aliphatic rings. The van der Waals surface area contributed by atoms with E-state index in [9.17, 15) is 0 Å². The van der Waals surface area contributed by atoms with Gasteiger partial charge in [-0.05, 0) is 46.6 Å². The number of pyridine rings is 1. The predicted molar refractivity (Wildman–Crippen MR) is 80.7 cm³/mol. The molecule has 0 aliphatic heterocycles. The number of benzene rings is 1. The summed E-state index contributed by atoms with van der Waals surface area (Å²) in [5, 5.41) is 5.86. The van der Waals surface area contributed by atoms with Crippen LogP contribution in [0.2, 0.25) is 5.02 Å². The summed E-state index contributed by atoms with van der Waals surface area (Å²) in [4.78, 5) is 4.38. The van der Waals surface area contributed by atoms with Crippen LogP contribution in [0.3, 0.4) is 0 Å². The first-order valence-electron chi connectivity index (χ1n) is 5.63. The lowest BCUT2D eigenvalue weighted by Gasteiger charge is -2.07. The monoisotopic (exact) mass is 336 g/mol. The number of anilines is 1. The maximum Gasteiger partial charge on any atom is 0.165 e. The summed E-state index contributed by atoms with van der Waals surface area (Å²) in [6, 6.07) is 7.57. The summed E-state index contributed by atoms with van der Waals surface area (Å²) >= 11 is 9.53. The van der Waals surface area contributed by atoms with E-state index < -0.39 is 0 Å². The van der Waals surface area contributed by atoms with Gasteiger partial charge < -0.3 is 5.73 Å². The number of aromatic nitrogens is 3. The van der Waals surface area contributed by atoms with Gasteiger partial charge in [-0.25, -0.2) is 9.67 Å². The molecule has 0 radical (unpaired) electrons. The molecule has 0 saturated heterocycles. The van der Waals surface area contributed by atoms with Crippen molar-refractivity contribution in [1.82, 2.24) is 14.8 Å². The summed E-state index contributed by atoms with van der Waals surface area (Å²) in [6.45, 7) is 1.94. The molecule has 2 N–H and O–H groups in total. The first kappa shape index (κ1) is 12.4. The van der Waals surface area contributed by atoms with E-state index in [1.165, 1.54) is 0 Å². The second-order valence-electron chi connectivity index (χ2n) is 4.21. The minimum Gasteiger partial charge on any atom is -0.382 e. The normalized spacial score (nSPS) is 11.1. The van der Waals surface area contributed by atoms with Gasteiger partial charge in [-0.3, -0.25) is 0 Å². The van der Waals surface area contributed by atoms with Crippen molar-refractivity contribution in [3.63, 3.8) is 0 Å². The number of halogens is 2. The van der Waals surface area contributed by atoms with Gasteiger partial charge in [-0.2, -0.15) is 0 Å². The highest BCUT2D eigenvalue weighted by atomic mass is 79.9. The van der Waals surface area contributed by atoms with E-state index in [0.717, 1.165) is 21.1 Å². The zero-order valence-corrected chi connectivity index (χ0v) is 12.4. The SMILES string of the molecule is Cc1c(Cl)cccc1-n1nc(N)c2cc(Br)cnc21. The second kappa shape index (κ2) is 4.51. The molecular weight excluding hydrogens is 328 g/mol. The van der Waals surface area contributed by atoms with Crippen LogP contribution in [0.4, 0.5) is 5.82 Å². The van der Waals surface area contributed by atoms with Crippen molar-refractivity contribution in [2.45, 2.75) is 6.92 Å². The van der Waals surface area contributed by atoms with Crippen LogP contribution in [0, 0.1) is 6.92 Å². The second-order valence-corrected chi connectivity index (χ2v) is 5.53. The molecule has 1 aromatic carbocycles. The smallest absolute Gasteiger partial charge is 0.165 e. The van der Waals surface area contributed by atoms with Gasteiger partial charge >= 0.3 is 0 Å². The molecule has 0 atom stereocenters. The Hall–Kier alpha value is -1.59. The van der Waals surface area contributed by atoms with Crippen molar-refractivity contribution in [2.24, 2.45) is 0 Å². The Morgan fingerprint density at radius 2 is 2.16 bits per heavy atom. The van der Waals surface area contributed by atoms with Crippen molar-refractivity contribution in [3.05, 3.63) is 45.5 Å². The Morgan fingerprint density at radius 3 is 2.95 bits per heavy atom. The summed E-state index contributed by atoms with van der Waals surface area (Å²) in [5.41, 5.74) is 8.48. The fraction of sp³-hybridized carbons (Fsp3) is 0.0769. The molecule has 0 saturated carbocycles. The number of nitrogens with zero attached hydrogens (tertiary/aromatic N) is 3. The van der Waals surface area contributed by atoms with E-state index in [0.29, 0.717) is 16.5 Å². The van der Waals surface area contributed by atoms with Crippen LogP contribution < -0.4 is 5.73 Å². The Bertz CT molecular complexity index is 782. The molecular formula is C13H10BrClN4. The molecule has 2 heterocycles. The maximum atomic E-state index is 6.15. The van der Waals surface area contributed by atoms with Gasteiger partial charge in [-0.1, -0.05) is 17.7 Å². The minimum absolute atomic E-state index is 0.447. The highest BCUT2D eigenvalue weighted by Crippen LogP contribution is 2.28. The van der Waals surface area contributed by atoms with E-state index >= 15 is 0 Å². The third-order valence-corrected chi connectivity index (χ3v) is 3.83. The van der Waals surface area contributed by atoms with Gasteiger partial charge in [0.05, 0.1) is 11.1 Å². The van der Waals surface area contributed by atoms with Crippen molar-refractivity contribution >= 4 is 44.4 Å². The molecule has 6 heteroatoms. The van der Waals surface area contributed by atoms with Gasteiger partial charge in [0, 0.05) is 15.7 Å². The highest BCUT2D eigenvalue weighted by molar-refractivity contribution is 9.10. The molecule has 96 valence electrons. The summed E-state index contributed by atoms with van der Waals surface area (Å²) in [7, 11) is 0. The summed E-state index contributed by atoms with van der Waals surface area (Å²) in [6.07, 6.45) is 1.72. The third kappa shape index (κ3) is 1.99. The molecule has 19 heavy (non-hydrogen) atoms. The fourth-order valence-corrected chi connectivity index (χ4v) is 2.49. The number of fused-ring (bicyclic) bond motifs is 1. The average Bonchev–Trinajstić information content (AvgIpc) is 2.70. The van der Waals surface area contributed by atoms with Crippen LogP contribution >= 0.6 is 27.5 Å². The zero-order valence-electron chi connectivity index (χ0n) is 10.1. The zero-order chi connectivity index (χ0) is 13.6. The first-order chi connectivity index (χ1) is 9.08. The van der Waals surface area contributed by atoms with Gasteiger partial charge in [0.25, 0.3) is 0 Å². The number of nitrogen functional groups attached to an aromatic ring is 1. The van der Waals surface area contributed by atoms with E-state index in [2.05, 4.69) is 26.0 Å². The largest absolute Gasteiger partial charge is 0.382 e. The Balaban J connectivity index is 2.34. The molecule has 0 fully saturated rings. The molecule has 0 spiro atoms. The van der Waals surface area contributed by atoms with E-state index in [-0.39, 0.29) is 0 Å². The highest BCUT2D eigenvalue weighted by Gasteiger charge is 2.13. The quantitative estimate of drug-likeness (QED) is 0.736. The van der Waals surface area contributed by atoms with Crippen molar-refractivity contribution in [2.75, 3.05) is 5.73 Å². The first-order valence-corrected chi connectivity index (χ1v) is 6.80. The number of nitrogens with two attached hydrogens (primary N) is 1. The predicted octanol–water partition coefficient (Wildman–Crippen LogP) is 3.73. The Kier molecular flexibility index (Phi) is 2.95. The average molecular weight is 338 g/mol. The number of hydrogen-bond acceptors (Lipinski definition) is 3. The van der Waals surface area contributed by atoms with Gasteiger partial charge in [0.2, 0.25) is 0 Å². The molecule has 0 amide bonds. The molecule has 3 rings (SSSR count). The van der Waals surface area contributed by atoms with Crippen molar-refractivity contribution in [1.29, 1.82) is 0 Å². The molecule has 2 aromatic heterocycles. The number of hydrogen-bond donors (Lipinski definition) is 1. The van der Waals surface area contributed by atoms with Crippen LogP contribution in [-0.4, -0.2) is 14.8 Å². The van der Waals surface area contributed by atoms with Crippen LogP contribution in [0.1, 0.15) is 5.56 Å².